The van der Waals surface area contributed by atoms with Gasteiger partial charge in [-0.1, -0.05) is 20.8 Å². The van der Waals surface area contributed by atoms with Gasteiger partial charge in [-0.25, -0.2) is 9.97 Å². The Kier molecular flexibility index (Phi) is 5.21. The van der Waals surface area contributed by atoms with Crippen molar-refractivity contribution < 1.29 is 19.0 Å². The van der Waals surface area contributed by atoms with E-state index in [1.165, 1.54) is 7.11 Å². The predicted octanol–water partition coefficient (Wildman–Crippen LogP) is 0.483. The van der Waals surface area contributed by atoms with Crippen LogP contribution in [0.4, 0.5) is 5.95 Å². The summed E-state index contributed by atoms with van der Waals surface area (Å²) in [5, 5.41) is 6.21. The second-order valence-electron chi connectivity index (χ2n) is 7.47. The fraction of sp³-hybridized carbons (Fsp3) is 0.706. The Morgan fingerprint density at radius 2 is 1.96 bits per heavy atom. The molecule has 0 bridgehead atoms. The molecule has 25 heavy (non-hydrogen) atoms. The second kappa shape index (κ2) is 7.23. The number of hydrogen-bond acceptors (Lipinski definition) is 7. The fourth-order valence-corrected chi connectivity index (χ4v) is 3.14. The molecule has 2 saturated heterocycles. The summed E-state index contributed by atoms with van der Waals surface area (Å²) in [6.07, 6.45) is 1.44. The Hall–Kier alpha value is -1.77. The topological polar surface area (TPSA) is 94.6 Å². The van der Waals surface area contributed by atoms with Crippen LogP contribution in [0.3, 0.4) is 0 Å². The SMILES string of the molecule is COCC(=O)NC1COC2C(Nc3nccc(C(C)(C)C)n3)COC12. The minimum atomic E-state index is -0.177. The van der Waals surface area contributed by atoms with E-state index in [-0.39, 0.29) is 42.2 Å². The zero-order valence-corrected chi connectivity index (χ0v) is 15.1. The number of nitrogens with one attached hydrogen (secondary N) is 2. The van der Waals surface area contributed by atoms with Crippen molar-refractivity contribution in [2.24, 2.45) is 0 Å². The van der Waals surface area contributed by atoms with Crippen molar-refractivity contribution in [3.05, 3.63) is 18.0 Å². The minimum Gasteiger partial charge on any atom is -0.375 e. The summed E-state index contributed by atoms with van der Waals surface area (Å²) in [7, 11) is 1.49. The van der Waals surface area contributed by atoms with Crippen LogP contribution in [-0.2, 0) is 24.4 Å². The molecule has 0 spiro atoms. The van der Waals surface area contributed by atoms with Crippen LogP contribution in [0, 0.1) is 0 Å². The molecule has 2 aliphatic heterocycles. The summed E-state index contributed by atoms with van der Waals surface area (Å²) in [5.74, 6) is 0.398. The minimum absolute atomic E-state index is 0.0308. The monoisotopic (exact) mass is 350 g/mol. The highest BCUT2D eigenvalue weighted by Gasteiger charge is 2.48. The number of amides is 1. The highest BCUT2D eigenvalue weighted by atomic mass is 16.6. The van der Waals surface area contributed by atoms with Crippen molar-refractivity contribution in [1.82, 2.24) is 15.3 Å². The number of hydrogen-bond donors (Lipinski definition) is 2. The lowest BCUT2D eigenvalue weighted by Gasteiger charge is -2.21. The zero-order valence-electron chi connectivity index (χ0n) is 15.1. The Morgan fingerprint density at radius 3 is 2.64 bits per heavy atom. The van der Waals surface area contributed by atoms with E-state index in [0.717, 1.165) is 5.69 Å². The van der Waals surface area contributed by atoms with Gasteiger partial charge in [0.25, 0.3) is 0 Å². The van der Waals surface area contributed by atoms with Crippen LogP contribution in [0.1, 0.15) is 26.5 Å². The first kappa shape index (κ1) is 18.0. The number of anilines is 1. The molecule has 3 heterocycles. The highest BCUT2D eigenvalue weighted by molar-refractivity contribution is 5.77. The van der Waals surface area contributed by atoms with Gasteiger partial charge in [0.1, 0.15) is 18.8 Å². The van der Waals surface area contributed by atoms with Gasteiger partial charge in [0, 0.05) is 18.7 Å². The van der Waals surface area contributed by atoms with Crippen molar-refractivity contribution in [1.29, 1.82) is 0 Å². The van der Waals surface area contributed by atoms with Gasteiger partial charge in [-0.05, 0) is 6.07 Å². The third-order valence-corrected chi connectivity index (χ3v) is 4.41. The van der Waals surface area contributed by atoms with E-state index >= 15 is 0 Å². The molecule has 2 N–H and O–H groups in total. The van der Waals surface area contributed by atoms with Gasteiger partial charge < -0.3 is 24.8 Å². The molecule has 1 aromatic heterocycles. The first-order chi connectivity index (χ1) is 11.9. The molecule has 3 rings (SSSR count). The van der Waals surface area contributed by atoms with Crippen LogP contribution >= 0.6 is 0 Å². The molecule has 0 aliphatic carbocycles. The molecule has 2 fully saturated rings. The van der Waals surface area contributed by atoms with Crippen LogP contribution < -0.4 is 10.6 Å². The van der Waals surface area contributed by atoms with E-state index < -0.39 is 0 Å². The molecule has 4 unspecified atom stereocenters. The summed E-state index contributed by atoms with van der Waals surface area (Å²) >= 11 is 0. The third-order valence-electron chi connectivity index (χ3n) is 4.41. The third kappa shape index (κ3) is 4.08. The number of carbonyl (C=O) groups is 1. The number of rotatable bonds is 5. The molecule has 4 atom stereocenters. The first-order valence-corrected chi connectivity index (χ1v) is 8.50. The van der Waals surface area contributed by atoms with Crippen molar-refractivity contribution in [2.75, 3.05) is 32.2 Å². The highest BCUT2D eigenvalue weighted by Crippen LogP contribution is 2.29. The lowest BCUT2D eigenvalue weighted by Crippen LogP contribution is -2.45. The molecule has 1 amide bonds. The molecular weight excluding hydrogens is 324 g/mol. The lowest BCUT2D eigenvalue weighted by molar-refractivity contribution is -0.126. The van der Waals surface area contributed by atoms with Crippen LogP contribution in [0.25, 0.3) is 0 Å². The van der Waals surface area contributed by atoms with Gasteiger partial charge in [-0.2, -0.15) is 0 Å². The number of nitrogens with zero attached hydrogens (tertiary/aromatic N) is 2. The molecule has 0 radical (unpaired) electrons. The number of methoxy groups -OCH3 is 1. The molecular formula is C17H26N4O4. The maximum atomic E-state index is 11.7. The van der Waals surface area contributed by atoms with E-state index in [1.807, 2.05) is 6.07 Å². The van der Waals surface area contributed by atoms with Crippen molar-refractivity contribution in [3.63, 3.8) is 0 Å². The molecule has 2 aliphatic rings. The van der Waals surface area contributed by atoms with Crippen LogP contribution in [0.2, 0.25) is 0 Å². The molecule has 8 nitrogen and oxygen atoms in total. The van der Waals surface area contributed by atoms with E-state index in [0.29, 0.717) is 19.2 Å². The molecule has 0 saturated carbocycles. The van der Waals surface area contributed by atoms with Gasteiger partial charge in [0.05, 0.1) is 31.0 Å². The molecule has 1 aromatic rings. The van der Waals surface area contributed by atoms with Crippen LogP contribution in [-0.4, -0.2) is 67.1 Å². The maximum Gasteiger partial charge on any atom is 0.246 e. The van der Waals surface area contributed by atoms with Gasteiger partial charge in [0.15, 0.2) is 0 Å². The summed E-state index contributed by atoms with van der Waals surface area (Å²) in [5.41, 5.74) is 0.923. The van der Waals surface area contributed by atoms with E-state index in [4.69, 9.17) is 14.2 Å². The van der Waals surface area contributed by atoms with Crippen LogP contribution in [0.15, 0.2) is 12.3 Å². The molecule has 8 heteroatoms. The van der Waals surface area contributed by atoms with E-state index in [1.54, 1.807) is 6.20 Å². The quantitative estimate of drug-likeness (QED) is 0.798. The maximum absolute atomic E-state index is 11.7. The average molecular weight is 350 g/mol. The van der Waals surface area contributed by atoms with E-state index in [9.17, 15) is 4.79 Å². The lowest BCUT2D eigenvalue weighted by atomic mass is 9.92. The Labute approximate surface area is 147 Å². The van der Waals surface area contributed by atoms with E-state index in [2.05, 4.69) is 41.4 Å². The van der Waals surface area contributed by atoms with Gasteiger partial charge in [0.2, 0.25) is 11.9 Å². The van der Waals surface area contributed by atoms with Gasteiger partial charge >= 0.3 is 0 Å². The second-order valence-corrected chi connectivity index (χ2v) is 7.47. The smallest absolute Gasteiger partial charge is 0.246 e. The van der Waals surface area contributed by atoms with Gasteiger partial charge in [-0.3, -0.25) is 4.79 Å². The summed E-state index contributed by atoms with van der Waals surface area (Å²) in [6.45, 7) is 7.27. The Morgan fingerprint density at radius 1 is 1.28 bits per heavy atom. The number of carbonyl (C=O) groups excluding carboxylic acids is 1. The average Bonchev–Trinajstić information content (AvgIpc) is 3.11. The van der Waals surface area contributed by atoms with Crippen molar-refractivity contribution in [2.45, 2.75) is 50.5 Å². The van der Waals surface area contributed by atoms with Crippen molar-refractivity contribution >= 4 is 11.9 Å². The molecule has 0 aromatic carbocycles. The fourth-order valence-electron chi connectivity index (χ4n) is 3.14. The number of ether oxygens (including phenoxy) is 3. The standard InChI is InChI=1S/C17H26N4O4/c1-17(2,3)12-5-6-18-16(21-12)20-11-8-25-14-10(7-24-15(11)14)19-13(22)9-23-4/h5-6,10-11,14-15H,7-9H2,1-4H3,(H,19,22)(H,18,20,21). The normalized spacial score (nSPS) is 28.6. The summed E-state index contributed by atoms with van der Waals surface area (Å²) in [6, 6.07) is 1.71. The Bertz CT molecular complexity index is 619. The van der Waals surface area contributed by atoms with Gasteiger partial charge in [-0.15, -0.1) is 0 Å². The first-order valence-electron chi connectivity index (χ1n) is 8.50. The number of fused-ring (bicyclic) bond motifs is 1. The summed E-state index contributed by atoms with van der Waals surface area (Å²) in [4.78, 5) is 20.6. The molecule has 138 valence electrons. The van der Waals surface area contributed by atoms with Crippen LogP contribution in [0.5, 0.6) is 0 Å². The number of aromatic nitrogens is 2. The summed E-state index contributed by atoms with van der Waals surface area (Å²) < 4.78 is 16.5. The predicted molar refractivity (Wildman–Crippen MR) is 91.4 cm³/mol. The van der Waals surface area contributed by atoms with Crippen molar-refractivity contribution in [3.8, 4) is 0 Å². The Balaban J connectivity index is 1.62. The largest absolute Gasteiger partial charge is 0.375 e. The zero-order chi connectivity index (χ0) is 18.0.